The predicted molar refractivity (Wildman–Crippen MR) is 181 cm³/mol. The second-order valence-electron chi connectivity index (χ2n) is 11.1. The number of aryl methyl sites for hydroxylation is 2. The van der Waals surface area contributed by atoms with Crippen LogP contribution in [0.3, 0.4) is 0 Å². The zero-order valence-corrected chi connectivity index (χ0v) is 27.5. The fourth-order valence-electron chi connectivity index (χ4n) is 5.02. The molecule has 4 aromatic carbocycles. The Bertz CT molecular complexity index is 1700. The molecule has 0 spiro atoms. The molecule has 4 rings (SSSR count). The van der Waals surface area contributed by atoms with Gasteiger partial charge in [0.05, 0.1) is 10.6 Å². The molecule has 0 fully saturated rings. The molecule has 1 N–H and O–H groups in total. The lowest BCUT2D eigenvalue weighted by atomic mass is 10.0. The van der Waals surface area contributed by atoms with E-state index in [1.165, 1.54) is 17.0 Å². The first-order chi connectivity index (χ1) is 21.6. The molecule has 1 atom stereocenters. The van der Waals surface area contributed by atoms with Gasteiger partial charge in [0, 0.05) is 24.5 Å². The van der Waals surface area contributed by atoms with Gasteiger partial charge in [-0.1, -0.05) is 104 Å². The third-order valence-corrected chi connectivity index (χ3v) is 9.95. The SMILES string of the molecule is CCCCNC(=O)C(Cc1ccccc1)N(Cc1ccccc1C)C(=O)CN(c1ccc(C)c(Cl)c1)S(=O)(=O)c1ccccc1. The second kappa shape index (κ2) is 15.7. The third-order valence-electron chi connectivity index (χ3n) is 7.76. The molecule has 1 unspecified atom stereocenters. The maximum atomic E-state index is 14.5. The quantitative estimate of drug-likeness (QED) is 0.155. The highest BCUT2D eigenvalue weighted by Crippen LogP contribution is 2.29. The molecule has 7 nitrogen and oxygen atoms in total. The average Bonchev–Trinajstić information content (AvgIpc) is 3.04. The van der Waals surface area contributed by atoms with Crippen molar-refractivity contribution in [3.05, 3.63) is 130 Å². The smallest absolute Gasteiger partial charge is 0.264 e. The summed E-state index contributed by atoms with van der Waals surface area (Å²) in [5, 5.41) is 3.39. The standard InChI is InChI=1S/C36H40ClN3O4S/c1-4-5-22-38-36(42)34(23-29-15-8-6-9-16-29)39(25-30-17-13-12-14-27(30)2)35(41)26-40(31-21-20-28(3)33(37)24-31)45(43,44)32-18-10-7-11-19-32/h6-21,24,34H,4-5,22-23,25-26H2,1-3H3,(H,38,42). The van der Waals surface area contributed by atoms with Crippen LogP contribution in [-0.4, -0.2) is 44.3 Å². The van der Waals surface area contributed by atoms with Gasteiger partial charge >= 0.3 is 0 Å². The van der Waals surface area contributed by atoms with Gasteiger partial charge in [-0.2, -0.15) is 0 Å². The molecule has 0 aromatic heterocycles. The number of sulfonamides is 1. The van der Waals surface area contributed by atoms with Crippen LogP contribution in [0.15, 0.2) is 108 Å². The van der Waals surface area contributed by atoms with Gasteiger partial charge in [-0.25, -0.2) is 8.42 Å². The molecule has 0 aliphatic heterocycles. The number of hydrogen-bond acceptors (Lipinski definition) is 4. The number of benzene rings is 4. The lowest BCUT2D eigenvalue weighted by molar-refractivity contribution is -0.140. The lowest BCUT2D eigenvalue weighted by Crippen LogP contribution is -2.53. The maximum absolute atomic E-state index is 14.5. The van der Waals surface area contributed by atoms with Gasteiger partial charge in [-0.05, 0) is 66.8 Å². The minimum absolute atomic E-state index is 0.0399. The van der Waals surface area contributed by atoms with Crippen molar-refractivity contribution in [2.45, 2.75) is 57.5 Å². The Kier molecular flexibility index (Phi) is 11.8. The number of anilines is 1. The van der Waals surface area contributed by atoms with Gasteiger partial charge in [-0.3, -0.25) is 13.9 Å². The Hall–Kier alpha value is -4.14. The molecule has 4 aromatic rings. The summed E-state index contributed by atoms with van der Waals surface area (Å²) < 4.78 is 29.3. The Morgan fingerprint density at radius 3 is 2.13 bits per heavy atom. The highest BCUT2D eigenvalue weighted by atomic mass is 35.5. The van der Waals surface area contributed by atoms with Gasteiger partial charge in [0.2, 0.25) is 11.8 Å². The Labute approximate surface area is 271 Å². The zero-order valence-electron chi connectivity index (χ0n) is 25.9. The van der Waals surface area contributed by atoms with Gasteiger partial charge < -0.3 is 10.2 Å². The first kappa shape index (κ1) is 33.7. The van der Waals surface area contributed by atoms with Crippen LogP contribution in [0.4, 0.5) is 5.69 Å². The van der Waals surface area contributed by atoms with Gasteiger partial charge in [-0.15, -0.1) is 0 Å². The number of nitrogens with one attached hydrogen (secondary N) is 1. The van der Waals surface area contributed by atoms with Crippen LogP contribution in [0.25, 0.3) is 0 Å². The Morgan fingerprint density at radius 2 is 1.49 bits per heavy atom. The summed E-state index contributed by atoms with van der Waals surface area (Å²) >= 11 is 6.45. The molecular formula is C36H40ClN3O4S. The van der Waals surface area contributed by atoms with Crippen LogP contribution in [0.2, 0.25) is 5.02 Å². The number of carbonyl (C=O) groups is 2. The van der Waals surface area contributed by atoms with E-state index in [1.807, 2.05) is 75.4 Å². The number of halogens is 1. The van der Waals surface area contributed by atoms with Crippen LogP contribution >= 0.6 is 11.6 Å². The summed E-state index contributed by atoms with van der Waals surface area (Å²) in [6.45, 7) is 5.88. The van der Waals surface area contributed by atoms with E-state index in [0.717, 1.165) is 39.4 Å². The third kappa shape index (κ3) is 8.74. The van der Waals surface area contributed by atoms with Crippen molar-refractivity contribution in [3.8, 4) is 0 Å². The highest BCUT2D eigenvalue weighted by molar-refractivity contribution is 7.92. The molecule has 0 saturated carbocycles. The summed E-state index contributed by atoms with van der Waals surface area (Å²) in [6.07, 6.45) is 1.96. The fourth-order valence-corrected chi connectivity index (χ4v) is 6.62. The Morgan fingerprint density at radius 1 is 0.844 bits per heavy atom. The van der Waals surface area contributed by atoms with Crippen LogP contribution in [0, 0.1) is 13.8 Å². The minimum Gasteiger partial charge on any atom is -0.354 e. The van der Waals surface area contributed by atoms with Crippen LogP contribution in [-0.2, 0) is 32.6 Å². The highest BCUT2D eigenvalue weighted by Gasteiger charge is 2.34. The Balaban J connectivity index is 1.81. The van der Waals surface area contributed by atoms with Crippen LogP contribution in [0.5, 0.6) is 0 Å². The van der Waals surface area contributed by atoms with Crippen molar-refractivity contribution >= 4 is 39.1 Å². The molecule has 236 valence electrons. The van der Waals surface area contributed by atoms with Crippen molar-refractivity contribution in [2.24, 2.45) is 0 Å². The largest absolute Gasteiger partial charge is 0.354 e. The normalized spacial score (nSPS) is 11.9. The van der Waals surface area contributed by atoms with E-state index >= 15 is 0 Å². The van der Waals surface area contributed by atoms with E-state index in [-0.39, 0.29) is 29.5 Å². The molecule has 45 heavy (non-hydrogen) atoms. The lowest BCUT2D eigenvalue weighted by Gasteiger charge is -2.34. The first-order valence-corrected chi connectivity index (χ1v) is 16.9. The van der Waals surface area contributed by atoms with E-state index in [9.17, 15) is 18.0 Å². The summed E-state index contributed by atoms with van der Waals surface area (Å²) in [5.41, 5.74) is 3.73. The van der Waals surface area contributed by atoms with Crippen LogP contribution < -0.4 is 9.62 Å². The average molecular weight is 646 g/mol. The zero-order chi connectivity index (χ0) is 32.4. The molecule has 2 amide bonds. The van der Waals surface area contributed by atoms with Gasteiger partial charge in [0.1, 0.15) is 12.6 Å². The van der Waals surface area contributed by atoms with Crippen molar-refractivity contribution in [1.82, 2.24) is 10.2 Å². The molecule has 9 heteroatoms. The van der Waals surface area contributed by atoms with E-state index < -0.39 is 28.5 Å². The fraction of sp³-hybridized carbons (Fsp3) is 0.278. The number of carbonyl (C=O) groups excluding carboxylic acids is 2. The van der Waals surface area contributed by atoms with E-state index in [4.69, 9.17) is 11.6 Å². The number of hydrogen-bond donors (Lipinski definition) is 1. The van der Waals surface area contributed by atoms with Crippen LogP contribution in [0.1, 0.15) is 42.0 Å². The van der Waals surface area contributed by atoms with Crippen molar-refractivity contribution in [1.29, 1.82) is 0 Å². The molecule has 0 bridgehead atoms. The maximum Gasteiger partial charge on any atom is 0.264 e. The number of amides is 2. The van der Waals surface area contributed by atoms with E-state index in [2.05, 4.69) is 5.32 Å². The monoisotopic (exact) mass is 645 g/mol. The van der Waals surface area contributed by atoms with Crippen molar-refractivity contribution < 1.29 is 18.0 Å². The van der Waals surface area contributed by atoms with Gasteiger partial charge in [0.25, 0.3) is 10.0 Å². The second-order valence-corrected chi connectivity index (χ2v) is 13.3. The van der Waals surface area contributed by atoms with Crippen molar-refractivity contribution in [3.63, 3.8) is 0 Å². The molecule has 0 heterocycles. The van der Waals surface area contributed by atoms with E-state index in [0.29, 0.717) is 11.6 Å². The van der Waals surface area contributed by atoms with Crippen molar-refractivity contribution in [2.75, 3.05) is 17.4 Å². The molecular weight excluding hydrogens is 606 g/mol. The molecule has 0 radical (unpaired) electrons. The number of rotatable bonds is 14. The summed E-state index contributed by atoms with van der Waals surface area (Å²) in [6, 6.07) is 29.2. The van der Waals surface area contributed by atoms with Gasteiger partial charge in [0.15, 0.2) is 0 Å². The molecule has 0 aliphatic rings. The summed E-state index contributed by atoms with van der Waals surface area (Å²) in [7, 11) is -4.19. The topological polar surface area (TPSA) is 86.8 Å². The predicted octanol–water partition coefficient (Wildman–Crippen LogP) is 6.71. The molecule has 0 saturated heterocycles. The molecule has 0 aliphatic carbocycles. The minimum atomic E-state index is -4.19. The number of unbranched alkanes of at least 4 members (excludes halogenated alkanes) is 1. The number of nitrogens with zero attached hydrogens (tertiary/aromatic N) is 2. The summed E-state index contributed by atoms with van der Waals surface area (Å²) in [5.74, 6) is -0.800. The summed E-state index contributed by atoms with van der Waals surface area (Å²) in [4.78, 5) is 29.9. The van der Waals surface area contributed by atoms with E-state index in [1.54, 1.807) is 36.4 Å². The first-order valence-electron chi connectivity index (χ1n) is 15.1.